The molecular weight excluding hydrogens is 246 g/mol. The zero-order valence-corrected chi connectivity index (χ0v) is 11.9. The lowest BCUT2D eigenvalue weighted by Gasteiger charge is -2.22. The molecule has 2 aromatic rings. The molecule has 0 aromatic heterocycles. The average Bonchev–Trinajstić information content (AvgIpc) is 2.52. The molecule has 102 valence electrons. The quantitative estimate of drug-likeness (QED) is 0.701. The number of benzene rings is 2. The van der Waals surface area contributed by atoms with E-state index < -0.39 is 0 Å². The standard InChI is InChI=1S/C16H13NO.C2H6/c18-12-17-11-15-7-2-1-5-13(15)9-10-14-6-3-4-8-16(14)17;1-2/h1-10,12H,11H2;1-2H3/b10-9-;. The predicted octanol–water partition coefficient (Wildman–Crippen LogP) is 4.36. The molecule has 2 aromatic carbocycles. The first-order chi connectivity index (χ1) is 9.88. The van der Waals surface area contributed by atoms with E-state index in [-0.39, 0.29) is 0 Å². The Morgan fingerprint density at radius 3 is 2.25 bits per heavy atom. The number of hydrogen-bond acceptors (Lipinski definition) is 1. The van der Waals surface area contributed by atoms with E-state index in [1.807, 2.05) is 50.2 Å². The third kappa shape index (κ3) is 2.80. The van der Waals surface area contributed by atoms with Gasteiger partial charge in [-0.1, -0.05) is 68.5 Å². The zero-order chi connectivity index (χ0) is 14.4. The number of anilines is 1. The highest BCUT2D eigenvalue weighted by Gasteiger charge is 2.13. The molecule has 0 radical (unpaired) electrons. The molecule has 0 unspecified atom stereocenters. The van der Waals surface area contributed by atoms with Crippen molar-refractivity contribution in [3.8, 4) is 0 Å². The van der Waals surface area contributed by atoms with Gasteiger partial charge in [-0.25, -0.2) is 0 Å². The second-order valence-electron chi connectivity index (χ2n) is 4.32. The van der Waals surface area contributed by atoms with Crippen molar-refractivity contribution in [1.29, 1.82) is 0 Å². The Labute approximate surface area is 120 Å². The SMILES string of the molecule is CC.O=CN1Cc2ccccc2/C=C\c2ccccc21. The topological polar surface area (TPSA) is 20.3 Å². The number of amides is 1. The minimum absolute atomic E-state index is 0.612. The van der Waals surface area contributed by atoms with Gasteiger partial charge in [-0.15, -0.1) is 0 Å². The molecule has 0 atom stereocenters. The van der Waals surface area contributed by atoms with E-state index in [4.69, 9.17) is 0 Å². The van der Waals surface area contributed by atoms with Crippen molar-refractivity contribution >= 4 is 24.2 Å². The van der Waals surface area contributed by atoms with Crippen molar-refractivity contribution in [3.63, 3.8) is 0 Å². The summed E-state index contributed by atoms with van der Waals surface area (Å²) >= 11 is 0. The lowest BCUT2D eigenvalue weighted by Crippen LogP contribution is -2.22. The van der Waals surface area contributed by atoms with Gasteiger partial charge in [0.15, 0.2) is 0 Å². The molecule has 0 fully saturated rings. The minimum Gasteiger partial charge on any atom is -0.310 e. The summed E-state index contributed by atoms with van der Waals surface area (Å²) in [6, 6.07) is 16.1. The van der Waals surface area contributed by atoms with Crippen molar-refractivity contribution in [2.75, 3.05) is 4.90 Å². The number of carbonyl (C=O) groups excluding carboxylic acids is 1. The van der Waals surface area contributed by atoms with E-state index in [1.165, 1.54) is 5.56 Å². The molecule has 0 N–H and O–H groups in total. The van der Waals surface area contributed by atoms with Gasteiger partial charge in [0.05, 0.1) is 12.2 Å². The van der Waals surface area contributed by atoms with Crippen LogP contribution < -0.4 is 4.90 Å². The van der Waals surface area contributed by atoms with Gasteiger partial charge in [-0.2, -0.15) is 0 Å². The largest absolute Gasteiger partial charge is 0.310 e. The highest BCUT2D eigenvalue weighted by Crippen LogP contribution is 2.27. The molecule has 0 saturated carbocycles. The van der Waals surface area contributed by atoms with Crippen molar-refractivity contribution in [2.45, 2.75) is 20.4 Å². The van der Waals surface area contributed by atoms with Crippen LogP contribution in [0, 0.1) is 0 Å². The van der Waals surface area contributed by atoms with Crippen LogP contribution in [-0.4, -0.2) is 6.41 Å². The normalized spacial score (nSPS) is 13.8. The number of hydrogen-bond donors (Lipinski definition) is 0. The summed E-state index contributed by atoms with van der Waals surface area (Å²) in [7, 11) is 0. The van der Waals surface area contributed by atoms with Crippen LogP contribution in [-0.2, 0) is 11.3 Å². The average molecular weight is 265 g/mol. The Balaban J connectivity index is 0.000000704. The highest BCUT2D eigenvalue weighted by atomic mass is 16.1. The third-order valence-electron chi connectivity index (χ3n) is 3.21. The van der Waals surface area contributed by atoms with Crippen LogP contribution in [0.5, 0.6) is 0 Å². The number of para-hydroxylation sites is 1. The van der Waals surface area contributed by atoms with Crippen LogP contribution in [0.15, 0.2) is 48.5 Å². The van der Waals surface area contributed by atoms with E-state index in [9.17, 15) is 4.79 Å². The van der Waals surface area contributed by atoms with Crippen LogP contribution in [0.3, 0.4) is 0 Å². The fourth-order valence-corrected chi connectivity index (χ4v) is 2.27. The smallest absolute Gasteiger partial charge is 0.214 e. The van der Waals surface area contributed by atoms with E-state index in [2.05, 4.69) is 24.3 Å². The molecule has 1 aliphatic rings. The second kappa shape index (κ2) is 6.71. The van der Waals surface area contributed by atoms with E-state index in [0.717, 1.165) is 23.2 Å². The molecule has 1 heterocycles. The first-order valence-corrected chi connectivity index (χ1v) is 6.95. The van der Waals surface area contributed by atoms with Gasteiger partial charge in [-0.05, 0) is 22.8 Å². The summed E-state index contributed by atoms with van der Waals surface area (Å²) in [5, 5.41) is 0. The Morgan fingerprint density at radius 1 is 0.900 bits per heavy atom. The van der Waals surface area contributed by atoms with Crippen LogP contribution >= 0.6 is 0 Å². The van der Waals surface area contributed by atoms with Gasteiger partial charge >= 0.3 is 0 Å². The Kier molecular flexibility index (Phi) is 4.72. The van der Waals surface area contributed by atoms with Gasteiger partial charge in [0.25, 0.3) is 0 Å². The maximum absolute atomic E-state index is 11.3. The first kappa shape index (κ1) is 14.1. The molecule has 1 aliphatic heterocycles. The monoisotopic (exact) mass is 265 g/mol. The number of rotatable bonds is 1. The van der Waals surface area contributed by atoms with Crippen molar-refractivity contribution in [1.82, 2.24) is 0 Å². The van der Waals surface area contributed by atoms with Crippen LogP contribution in [0.25, 0.3) is 12.2 Å². The summed E-state index contributed by atoms with van der Waals surface area (Å²) in [5.41, 5.74) is 4.35. The van der Waals surface area contributed by atoms with Gasteiger partial charge in [0, 0.05) is 0 Å². The zero-order valence-electron chi connectivity index (χ0n) is 11.9. The van der Waals surface area contributed by atoms with Crippen molar-refractivity contribution < 1.29 is 4.79 Å². The van der Waals surface area contributed by atoms with Crippen molar-refractivity contribution in [2.24, 2.45) is 0 Å². The van der Waals surface area contributed by atoms with Gasteiger partial charge in [-0.3, -0.25) is 4.79 Å². The molecule has 0 spiro atoms. The fraction of sp³-hybridized carbons (Fsp3) is 0.167. The molecule has 20 heavy (non-hydrogen) atoms. The van der Waals surface area contributed by atoms with Crippen LogP contribution in [0.1, 0.15) is 30.5 Å². The number of fused-ring (bicyclic) bond motifs is 2. The lowest BCUT2D eigenvalue weighted by molar-refractivity contribution is -0.107. The summed E-state index contributed by atoms with van der Waals surface area (Å²) in [6.45, 7) is 4.61. The minimum atomic E-state index is 0.612. The molecular formula is C18H19NO. The fourth-order valence-electron chi connectivity index (χ4n) is 2.27. The molecule has 3 rings (SSSR count). The summed E-state index contributed by atoms with van der Waals surface area (Å²) in [6.07, 6.45) is 5.06. The Morgan fingerprint density at radius 2 is 1.50 bits per heavy atom. The third-order valence-corrected chi connectivity index (χ3v) is 3.21. The van der Waals surface area contributed by atoms with Crippen LogP contribution in [0.4, 0.5) is 5.69 Å². The lowest BCUT2D eigenvalue weighted by atomic mass is 10.0. The molecule has 2 heteroatoms. The second-order valence-corrected chi connectivity index (χ2v) is 4.32. The van der Waals surface area contributed by atoms with Gasteiger partial charge in [0.2, 0.25) is 6.41 Å². The predicted molar refractivity (Wildman–Crippen MR) is 85.4 cm³/mol. The van der Waals surface area contributed by atoms with Gasteiger partial charge < -0.3 is 4.90 Å². The summed E-state index contributed by atoms with van der Waals surface area (Å²) in [5.74, 6) is 0. The Hall–Kier alpha value is -2.35. The van der Waals surface area contributed by atoms with Crippen LogP contribution in [0.2, 0.25) is 0 Å². The highest BCUT2D eigenvalue weighted by molar-refractivity contribution is 5.86. The summed E-state index contributed by atoms with van der Waals surface area (Å²) in [4.78, 5) is 13.0. The van der Waals surface area contributed by atoms with E-state index in [1.54, 1.807) is 4.90 Å². The molecule has 2 nitrogen and oxygen atoms in total. The molecule has 0 aliphatic carbocycles. The first-order valence-electron chi connectivity index (χ1n) is 6.95. The molecule has 0 bridgehead atoms. The number of carbonyl (C=O) groups is 1. The maximum atomic E-state index is 11.3. The molecule has 1 amide bonds. The van der Waals surface area contributed by atoms with Crippen molar-refractivity contribution in [3.05, 3.63) is 65.2 Å². The van der Waals surface area contributed by atoms with E-state index in [0.29, 0.717) is 6.54 Å². The van der Waals surface area contributed by atoms with Gasteiger partial charge in [0.1, 0.15) is 0 Å². The Bertz CT molecular complexity index is 616. The van der Waals surface area contributed by atoms with E-state index >= 15 is 0 Å². The summed E-state index contributed by atoms with van der Waals surface area (Å²) < 4.78 is 0. The number of nitrogens with zero attached hydrogens (tertiary/aromatic N) is 1. The maximum Gasteiger partial charge on any atom is 0.214 e. The molecule has 0 saturated heterocycles.